The summed E-state index contributed by atoms with van der Waals surface area (Å²) < 4.78 is 0. The molecule has 0 aliphatic heterocycles. The molecule has 0 aromatic carbocycles. The highest BCUT2D eigenvalue weighted by Gasteiger charge is 2.10. The molecule has 0 heterocycles. The van der Waals surface area contributed by atoms with Crippen LogP contribution in [0.3, 0.4) is 0 Å². The number of aliphatic hydroxyl groups excluding tert-OH is 2. The van der Waals surface area contributed by atoms with E-state index in [-0.39, 0.29) is 12.2 Å². The second kappa shape index (κ2) is 9.86. The van der Waals surface area contributed by atoms with Gasteiger partial charge in [0.05, 0.1) is 12.2 Å². The number of allylic oxidation sites excluding steroid dienone is 2. The van der Waals surface area contributed by atoms with Crippen LogP contribution in [0.4, 0.5) is 0 Å². The summed E-state index contributed by atoms with van der Waals surface area (Å²) in [6, 6.07) is 0. The SMILES string of the molecule is CCC/C=C\CC(C)CC(O)CCC(C)O. The molecule has 0 amide bonds. The van der Waals surface area contributed by atoms with Gasteiger partial charge in [0.1, 0.15) is 0 Å². The molecule has 0 aromatic rings. The molecule has 0 saturated heterocycles. The van der Waals surface area contributed by atoms with Gasteiger partial charge in [-0.15, -0.1) is 0 Å². The van der Waals surface area contributed by atoms with Crippen molar-refractivity contribution in [1.29, 1.82) is 0 Å². The van der Waals surface area contributed by atoms with E-state index in [0.717, 1.165) is 19.3 Å². The summed E-state index contributed by atoms with van der Waals surface area (Å²) in [6.07, 6.45) is 9.52. The summed E-state index contributed by atoms with van der Waals surface area (Å²) in [4.78, 5) is 0. The Kier molecular flexibility index (Phi) is 9.65. The minimum Gasteiger partial charge on any atom is -0.393 e. The van der Waals surface area contributed by atoms with E-state index in [9.17, 15) is 5.11 Å². The largest absolute Gasteiger partial charge is 0.393 e. The van der Waals surface area contributed by atoms with E-state index in [0.29, 0.717) is 18.8 Å². The average molecular weight is 228 g/mol. The molecule has 3 atom stereocenters. The van der Waals surface area contributed by atoms with E-state index in [1.807, 2.05) is 0 Å². The number of unbranched alkanes of at least 4 members (excludes halogenated alkanes) is 1. The topological polar surface area (TPSA) is 40.5 Å². The summed E-state index contributed by atoms with van der Waals surface area (Å²) in [5.74, 6) is 0.525. The Bertz CT molecular complexity index is 176. The van der Waals surface area contributed by atoms with Crippen molar-refractivity contribution >= 4 is 0 Å². The molecular formula is C14H28O2. The molecule has 0 aromatic heterocycles. The van der Waals surface area contributed by atoms with Gasteiger partial charge in [-0.05, 0) is 44.9 Å². The monoisotopic (exact) mass is 228 g/mol. The van der Waals surface area contributed by atoms with E-state index < -0.39 is 0 Å². The van der Waals surface area contributed by atoms with Crippen LogP contribution in [0.5, 0.6) is 0 Å². The standard InChI is InChI=1S/C14H28O2/c1-4-5-6-7-8-12(2)11-14(16)10-9-13(3)15/h6-7,12-16H,4-5,8-11H2,1-3H3/b7-6-. The number of hydrogen-bond acceptors (Lipinski definition) is 2. The third-order valence-corrected chi connectivity index (χ3v) is 2.75. The van der Waals surface area contributed by atoms with Gasteiger partial charge in [-0.3, -0.25) is 0 Å². The molecule has 0 radical (unpaired) electrons. The van der Waals surface area contributed by atoms with E-state index in [1.54, 1.807) is 6.92 Å². The fraction of sp³-hybridized carbons (Fsp3) is 0.857. The zero-order valence-corrected chi connectivity index (χ0v) is 11.0. The molecule has 0 bridgehead atoms. The molecule has 2 nitrogen and oxygen atoms in total. The Morgan fingerprint density at radius 2 is 1.75 bits per heavy atom. The Labute approximate surface area is 100 Å². The molecule has 96 valence electrons. The average Bonchev–Trinajstić information content (AvgIpc) is 2.21. The van der Waals surface area contributed by atoms with Crippen LogP contribution in [0, 0.1) is 5.92 Å². The zero-order valence-electron chi connectivity index (χ0n) is 11.0. The molecule has 0 fully saturated rings. The molecule has 2 heteroatoms. The zero-order chi connectivity index (χ0) is 12.4. The second-order valence-corrected chi connectivity index (χ2v) is 4.92. The second-order valence-electron chi connectivity index (χ2n) is 4.92. The van der Waals surface area contributed by atoms with E-state index in [4.69, 9.17) is 5.11 Å². The van der Waals surface area contributed by atoms with Crippen LogP contribution in [0.25, 0.3) is 0 Å². The first-order chi connectivity index (χ1) is 7.56. The first-order valence-electron chi connectivity index (χ1n) is 6.57. The third kappa shape index (κ3) is 10.2. The number of aliphatic hydroxyl groups is 2. The fourth-order valence-corrected chi connectivity index (χ4v) is 1.73. The van der Waals surface area contributed by atoms with Crippen molar-refractivity contribution in [3.63, 3.8) is 0 Å². The molecule has 16 heavy (non-hydrogen) atoms. The Morgan fingerprint density at radius 3 is 2.31 bits per heavy atom. The smallest absolute Gasteiger partial charge is 0.0543 e. The lowest BCUT2D eigenvalue weighted by atomic mass is 9.96. The molecule has 0 aliphatic rings. The van der Waals surface area contributed by atoms with Crippen LogP contribution in [0.2, 0.25) is 0 Å². The summed E-state index contributed by atoms with van der Waals surface area (Å²) >= 11 is 0. The van der Waals surface area contributed by atoms with Crippen molar-refractivity contribution in [2.24, 2.45) is 5.92 Å². The normalized spacial score (nSPS) is 17.6. The molecule has 0 saturated carbocycles. The molecule has 0 aliphatic carbocycles. The lowest BCUT2D eigenvalue weighted by Gasteiger charge is -2.15. The van der Waals surface area contributed by atoms with Gasteiger partial charge >= 0.3 is 0 Å². The van der Waals surface area contributed by atoms with Gasteiger partial charge in [-0.1, -0.05) is 32.4 Å². The van der Waals surface area contributed by atoms with Gasteiger partial charge in [0, 0.05) is 0 Å². The Hall–Kier alpha value is -0.340. The van der Waals surface area contributed by atoms with Crippen LogP contribution in [-0.4, -0.2) is 22.4 Å². The number of hydrogen-bond donors (Lipinski definition) is 2. The van der Waals surface area contributed by atoms with E-state index >= 15 is 0 Å². The number of rotatable bonds is 9. The summed E-state index contributed by atoms with van der Waals surface area (Å²) in [6.45, 7) is 6.11. The Balaban J connectivity index is 3.57. The van der Waals surface area contributed by atoms with Gasteiger partial charge in [0.15, 0.2) is 0 Å². The van der Waals surface area contributed by atoms with Gasteiger partial charge in [0.2, 0.25) is 0 Å². The van der Waals surface area contributed by atoms with Crippen molar-refractivity contribution in [3.8, 4) is 0 Å². The predicted octanol–water partition coefficient (Wildman–Crippen LogP) is 3.28. The van der Waals surface area contributed by atoms with Crippen molar-refractivity contribution in [1.82, 2.24) is 0 Å². The molecule has 2 N–H and O–H groups in total. The Morgan fingerprint density at radius 1 is 1.06 bits per heavy atom. The van der Waals surface area contributed by atoms with Crippen molar-refractivity contribution in [2.45, 2.75) is 71.5 Å². The van der Waals surface area contributed by atoms with Gasteiger partial charge in [0.25, 0.3) is 0 Å². The van der Waals surface area contributed by atoms with E-state index in [2.05, 4.69) is 26.0 Å². The first-order valence-corrected chi connectivity index (χ1v) is 6.57. The summed E-state index contributed by atoms with van der Waals surface area (Å²) in [5, 5.41) is 18.8. The van der Waals surface area contributed by atoms with E-state index in [1.165, 1.54) is 6.42 Å². The minimum absolute atomic E-state index is 0.260. The summed E-state index contributed by atoms with van der Waals surface area (Å²) in [5.41, 5.74) is 0. The molecule has 3 unspecified atom stereocenters. The highest BCUT2D eigenvalue weighted by molar-refractivity contribution is 4.83. The highest BCUT2D eigenvalue weighted by atomic mass is 16.3. The van der Waals surface area contributed by atoms with Gasteiger partial charge in [-0.2, -0.15) is 0 Å². The van der Waals surface area contributed by atoms with Gasteiger partial charge in [-0.25, -0.2) is 0 Å². The van der Waals surface area contributed by atoms with Crippen LogP contribution >= 0.6 is 0 Å². The maximum absolute atomic E-state index is 9.74. The van der Waals surface area contributed by atoms with Crippen LogP contribution in [0.15, 0.2) is 12.2 Å². The molecular weight excluding hydrogens is 200 g/mol. The van der Waals surface area contributed by atoms with Crippen LogP contribution in [0.1, 0.15) is 59.3 Å². The lowest BCUT2D eigenvalue weighted by molar-refractivity contribution is 0.106. The molecule has 0 rings (SSSR count). The predicted molar refractivity (Wildman–Crippen MR) is 69.4 cm³/mol. The fourth-order valence-electron chi connectivity index (χ4n) is 1.73. The van der Waals surface area contributed by atoms with Crippen LogP contribution < -0.4 is 0 Å². The van der Waals surface area contributed by atoms with Crippen molar-refractivity contribution in [2.75, 3.05) is 0 Å². The summed E-state index contributed by atoms with van der Waals surface area (Å²) in [7, 11) is 0. The van der Waals surface area contributed by atoms with Crippen molar-refractivity contribution < 1.29 is 10.2 Å². The lowest BCUT2D eigenvalue weighted by Crippen LogP contribution is -2.14. The quantitative estimate of drug-likeness (QED) is 0.595. The van der Waals surface area contributed by atoms with Gasteiger partial charge < -0.3 is 10.2 Å². The first kappa shape index (κ1) is 15.7. The maximum atomic E-state index is 9.74. The molecule has 0 spiro atoms. The minimum atomic E-state index is -0.297. The third-order valence-electron chi connectivity index (χ3n) is 2.75. The van der Waals surface area contributed by atoms with Crippen molar-refractivity contribution in [3.05, 3.63) is 12.2 Å². The highest BCUT2D eigenvalue weighted by Crippen LogP contribution is 2.15. The van der Waals surface area contributed by atoms with Crippen LogP contribution in [-0.2, 0) is 0 Å². The maximum Gasteiger partial charge on any atom is 0.0543 e.